The van der Waals surface area contributed by atoms with Crippen LogP contribution >= 0.6 is 23.2 Å². The SMILES string of the molecule is CN(C)C(=O)c1[nH]c2cc(Cl)ccc2c1-c1c(-c2ccccc2)ncn1Cc1ccc(Cl)cc1. The van der Waals surface area contributed by atoms with Crippen LogP contribution in [0.15, 0.2) is 79.1 Å². The molecule has 0 saturated heterocycles. The second-order valence-electron chi connectivity index (χ2n) is 8.33. The highest BCUT2D eigenvalue weighted by molar-refractivity contribution is 6.31. The average Bonchev–Trinajstić information content (AvgIpc) is 3.41. The van der Waals surface area contributed by atoms with Crippen molar-refractivity contribution < 1.29 is 4.79 Å². The maximum Gasteiger partial charge on any atom is 0.270 e. The van der Waals surface area contributed by atoms with Gasteiger partial charge in [-0.3, -0.25) is 4.79 Å². The molecule has 0 atom stereocenters. The molecule has 0 aliphatic rings. The predicted molar refractivity (Wildman–Crippen MR) is 139 cm³/mol. The summed E-state index contributed by atoms with van der Waals surface area (Å²) in [6.07, 6.45) is 1.82. The van der Waals surface area contributed by atoms with Crippen LogP contribution in [-0.2, 0) is 6.54 Å². The zero-order valence-electron chi connectivity index (χ0n) is 18.7. The molecule has 5 nitrogen and oxygen atoms in total. The van der Waals surface area contributed by atoms with Crippen LogP contribution in [0.1, 0.15) is 16.1 Å². The molecule has 2 heterocycles. The molecule has 0 radical (unpaired) electrons. The zero-order chi connectivity index (χ0) is 23.8. The quantitative estimate of drug-likeness (QED) is 0.297. The molecule has 3 aromatic carbocycles. The number of fused-ring (bicyclic) bond motifs is 1. The van der Waals surface area contributed by atoms with Gasteiger partial charge in [-0.25, -0.2) is 4.98 Å². The first-order chi connectivity index (χ1) is 16.4. The Balaban J connectivity index is 1.80. The first-order valence-electron chi connectivity index (χ1n) is 10.8. The number of carbonyl (C=O) groups excluding carboxylic acids is 1. The number of imidazole rings is 1. The third kappa shape index (κ3) is 4.09. The number of carbonyl (C=O) groups is 1. The summed E-state index contributed by atoms with van der Waals surface area (Å²) in [4.78, 5) is 23.0. The zero-order valence-corrected chi connectivity index (χ0v) is 20.2. The Morgan fingerprint density at radius 1 is 0.971 bits per heavy atom. The van der Waals surface area contributed by atoms with E-state index in [2.05, 4.69) is 9.55 Å². The molecule has 0 aliphatic carbocycles. The molecule has 1 amide bonds. The number of aromatic amines is 1. The fraction of sp³-hybridized carbons (Fsp3) is 0.111. The van der Waals surface area contributed by atoms with E-state index >= 15 is 0 Å². The van der Waals surface area contributed by atoms with Gasteiger partial charge in [-0.15, -0.1) is 0 Å². The number of nitrogens with one attached hydrogen (secondary N) is 1. The summed E-state index contributed by atoms with van der Waals surface area (Å²) in [5, 5.41) is 2.19. The largest absolute Gasteiger partial charge is 0.350 e. The summed E-state index contributed by atoms with van der Waals surface area (Å²) in [6, 6.07) is 23.4. The highest BCUT2D eigenvalue weighted by Crippen LogP contribution is 2.39. The van der Waals surface area contributed by atoms with Gasteiger partial charge in [0.05, 0.1) is 17.7 Å². The van der Waals surface area contributed by atoms with E-state index in [1.807, 2.05) is 79.1 Å². The Bertz CT molecular complexity index is 1480. The minimum absolute atomic E-state index is 0.124. The topological polar surface area (TPSA) is 53.9 Å². The molecular formula is C27H22Cl2N4O. The lowest BCUT2D eigenvalue weighted by Gasteiger charge is -2.15. The third-order valence-electron chi connectivity index (χ3n) is 5.77. The van der Waals surface area contributed by atoms with E-state index in [1.54, 1.807) is 19.0 Å². The predicted octanol–water partition coefficient (Wildman–Crippen LogP) is 6.76. The van der Waals surface area contributed by atoms with Crippen LogP contribution in [0.5, 0.6) is 0 Å². The summed E-state index contributed by atoms with van der Waals surface area (Å²) in [5.74, 6) is -0.124. The van der Waals surface area contributed by atoms with Crippen LogP contribution in [-0.4, -0.2) is 39.4 Å². The van der Waals surface area contributed by atoms with Gasteiger partial charge in [0.2, 0.25) is 0 Å². The molecule has 2 aromatic heterocycles. The van der Waals surface area contributed by atoms with Gasteiger partial charge in [0, 0.05) is 52.7 Å². The molecule has 5 rings (SSSR count). The highest BCUT2D eigenvalue weighted by Gasteiger charge is 2.26. The Labute approximate surface area is 207 Å². The van der Waals surface area contributed by atoms with Crippen LogP contribution < -0.4 is 0 Å². The number of hydrogen-bond acceptors (Lipinski definition) is 2. The number of aromatic nitrogens is 3. The lowest BCUT2D eigenvalue weighted by Crippen LogP contribution is -2.22. The monoisotopic (exact) mass is 488 g/mol. The summed E-state index contributed by atoms with van der Waals surface area (Å²) >= 11 is 12.4. The van der Waals surface area contributed by atoms with E-state index in [-0.39, 0.29) is 5.91 Å². The van der Waals surface area contributed by atoms with E-state index < -0.39 is 0 Å². The van der Waals surface area contributed by atoms with Crippen molar-refractivity contribution in [2.45, 2.75) is 6.54 Å². The molecule has 170 valence electrons. The minimum Gasteiger partial charge on any atom is -0.350 e. The summed E-state index contributed by atoms with van der Waals surface area (Å²) in [7, 11) is 3.49. The average molecular weight is 489 g/mol. The van der Waals surface area contributed by atoms with E-state index in [0.717, 1.165) is 39.0 Å². The second-order valence-corrected chi connectivity index (χ2v) is 9.20. The Hall–Kier alpha value is -3.54. The van der Waals surface area contributed by atoms with Crippen molar-refractivity contribution in [1.29, 1.82) is 0 Å². The van der Waals surface area contributed by atoms with Gasteiger partial charge in [0.15, 0.2) is 0 Å². The Morgan fingerprint density at radius 2 is 1.68 bits per heavy atom. The van der Waals surface area contributed by atoms with Crippen molar-refractivity contribution >= 4 is 40.0 Å². The fourth-order valence-corrected chi connectivity index (χ4v) is 4.46. The standard InChI is InChI=1S/C27H22Cl2N4O/c1-32(2)27(34)25-23(21-13-12-20(29)14-22(21)31-25)26-24(18-6-4-3-5-7-18)30-16-33(26)15-17-8-10-19(28)11-9-17/h3-14,16,31H,15H2,1-2H3. The molecule has 5 aromatic rings. The van der Waals surface area contributed by atoms with Gasteiger partial charge in [0.25, 0.3) is 5.91 Å². The highest BCUT2D eigenvalue weighted by atomic mass is 35.5. The molecule has 0 aliphatic heterocycles. The van der Waals surface area contributed by atoms with Crippen LogP contribution in [0.2, 0.25) is 10.0 Å². The lowest BCUT2D eigenvalue weighted by molar-refractivity contribution is 0.0823. The van der Waals surface area contributed by atoms with Crippen molar-refractivity contribution in [2.24, 2.45) is 0 Å². The number of benzene rings is 3. The van der Waals surface area contributed by atoms with Gasteiger partial charge < -0.3 is 14.5 Å². The first-order valence-corrected chi connectivity index (χ1v) is 11.6. The normalized spacial score (nSPS) is 11.2. The third-order valence-corrected chi connectivity index (χ3v) is 6.26. The summed E-state index contributed by atoms with van der Waals surface area (Å²) in [6.45, 7) is 0.572. The summed E-state index contributed by atoms with van der Waals surface area (Å²) < 4.78 is 2.08. The second kappa shape index (κ2) is 9.01. The molecule has 7 heteroatoms. The van der Waals surface area contributed by atoms with Gasteiger partial charge in [-0.05, 0) is 29.8 Å². The lowest BCUT2D eigenvalue weighted by atomic mass is 10.0. The molecule has 0 spiro atoms. The number of rotatable bonds is 5. The maximum absolute atomic E-state index is 13.3. The minimum atomic E-state index is -0.124. The number of H-pyrrole nitrogens is 1. The summed E-state index contributed by atoms with van der Waals surface area (Å²) in [5.41, 5.74) is 5.81. The smallest absolute Gasteiger partial charge is 0.270 e. The molecule has 0 fully saturated rings. The molecule has 34 heavy (non-hydrogen) atoms. The van der Waals surface area contributed by atoms with Crippen LogP contribution in [0.25, 0.3) is 33.4 Å². The van der Waals surface area contributed by atoms with Gasteiger partial charge >= 0.3 is 0 Å². The van der Waals surface area contributed by atoms with E-state index in [9.17, 15) is 4.79 Å². The van der Waals surface area contributed by atoms with Crippen molar-refractivity contribution in [1.82, 2.24) is 19.4 Å². The molecule has 1 N–H and O–H groups in total. The van der Waals surface area contributed by atoms with E-state index in [0.29, 0.717) is 22.3 Å². The van der Waals surface area contributed by atoms with Crippen molar-refractivity contribution in [2.75, 3.05) is 14.1 Å². The van der Waals surface area contributed by atoms with Crippen molar-refractivity contribution in [3.8, 4) is 22.5 Å². The molecule has 0 unspecified atom stereocenters. The number of halogens is 2. The van der Waals surface area contributed by atoms with Crippen molar-refractivity contribution in [3.63, 3.8) is 0 Å². The van der Waals surface area contributed by atoms with Gasteiger partial charge in [-0.2, -0.15) is 0 Å². The van der Waals surface area contributed by atoms with Crippen LogP contribution in [0.4, 0.5) is 0 Å². The van der Waals surface area contributed by atoms with Gasteiger partial charge in [-0.1, -0.05) is 71.7 Å². The first kappa shape index (κ1) is 22.3. The van der Waals surface area contributed by atoms with E-state index in [1.165, 1.54) is 0 Å². The van der Waals surface area contributed by atoms with E-state index in [4.69, 9.17) is 28.2 Å². The number of amides is 1. The maximum atomic E-state index is 13.3. The Kier molecular flexibility index (Phi) is 5.90. The number of hydrogen-bond donors (Lipinski definition) is 1. The van der Waals surface area contributed by atoms with Crippen LogP contribution in [0, 0.1) is 0 Å². The van der Waals surface area contributed by atoms with Crippen molar-refractivity contribution in [3.05, 3.63) is 100 Å². The van der Waals surface area contributed by atoms with Crippen LogP contribution in [0.3, 0.4) is 0 Å². The molecule has 0 saturated carbocycles. The Morgan fingerprint density at radius 3 is 2.38 bits per heavy atom. The number of nitrogens with zero attached hydrogens (tertiary/aromatic N) is 3. The van der Waals surface area contributed by atoms with Gasteiger partial charge in [0.1, 0.15) is 5.69 Å². The molecular weight excluding hydrogens is 467 g/mol. The molecule has 0 bridgehead atoms. The fourth-order valence-electron chi connectivity index (χ4n) is 4.16.